The number of amides is 1. The van der Waals surface area contributed by atoms with E-state index in [0.29, 0.717) is 16.7 Å². The summed E-state index contributed by atoms with van der Waals surface area (Å²) in [5.41, 5.74) is 0.236. The first-order valence-corrected chi connectivity index (χ1v) is 8.22. The lowest BCUT2D eigenvalue weighted by atomic mass is 10.2. The first-order valence-electron chi connectivity index (χ1n) is 6.16. The summed E-state index contributed by atoms with van der Waals surface area (Å²) in [6.07, 6.45) is 0.995. The highest BCUT2D eigenvalue weighted by molar-refractivity contribution is 7.91. The molecule has 2 rings (SSSR count). The van der Waals surface area contributed by atoms with Gasteiger partial charge >= 0.3 is 0 Å². The smallest absolute Gasteiger partial charge is 0.258 e. The molecule has 8 heteroatoms. The fourth-order valence-corrected chi connectivity index (χ4v) is 2.53. The van der Waals surface area contributed by atoms with Crippen molar-refractivity contribution in [3.05, 3.63) is 40.4 Å². The molecule has 0 aliphatic heterocycles. The Hall–Kier alpha value is -2.22. The van der Waals surface area contributed by atoms with Gasteiger partial charge in [0.05, 0.1) is 17.4 Å². The van der Waals surface area contributed by atoms with Gasteiger partial charge in [0.1, 0.15) is 11.6 Å². The highest BCUT2D eigenvalue weighted by atomic mass is 32.2. The van der Waals surface area contributed by atoms with Gasteiger partial charge in [0.25, 0.3) is 5.56 Å². The van der Waals surface area contributed by atoms with Crippen LogP contribution in [0, 0.1) is 0 Å². The molecule has 0 bridgehead atoms. The minimum atomic E-state index is -3.39. The number of carbonyl (C=O) groups is 1. The molecule has 1 aromatic heterocycles. The van der Waals surface area contributed by atoms with Crippen LogP contribution in [0.4, 0.5) is 0 Å². The second-order valence-corrected chi connectivity index (χ2v) is 6.99. The second kappa shape index (κ2) is 5.65. The number of H-pyrrole nitrogens is 1. The third kappa shape index (κ3) is 3.88. The molecule has 0 saturated heterocycles. The largest absolute Gasteiger partial charge is 0.337 e. The first-order chi connectivity index (χ1) is 9.76. The number of nitrogens with one attached hydrogen (secondary N) is 1. The lowest BCUT2D eigenvalue weighted by Gasteiger charge is -2.16. The highest BCUT2D eigenvalue weighted by Gasteiger charge is 2.16. The summed E-state index contributed by atoms with van der Waals surface area (Å²) in [5, 5.41) is 0.464. The van der Waals surface area contributed by atoms with E-state index >= 15 is 0 Å². The molecule has 0 unspecified atom stereocenters. The number of hydrogen-bond acceptors (Lipinski definition) is 5. The van der Waals surface area contributed by atoms with E-state index in [1.807, 2.05) is 0 Å². The molecule has 0 radical (unpaired) electrons. The first kappa shape index (κ1) is 15.2. The van der Waals surface area contributed by atoms with Gasteiger partial charge in [-0.1, -0.05) is 12.1 Å². The Balaban J connectivity index is 2.24. The molecule has 0 aliphatic carbocycles. The Bertz CT molecular complexity index is 842. The molecular formula is C13H15N3O4S. The molecule has 1 heterocycles. The molecular weight excluding hydrogens is 294 g/mol. The fraction of sp³-hybridized carbons (Fsp3) is 0.308. The summed E-state index contributed by atoms with van der Waals surface area (Å²) in [4.78, 5) is 31.7. The van der Waals surface area contributed by atoms with Gasteiger partial charge in [-0.25, -0.2) is 13.4 Å². The average molecular weight is 309 g/mol. The topological polar surface area (TPSA) is 100 Å². The molecule has 1 N–H and O–H groups in total. The number of nitrogens with zero attached hydrogens (tertiary/aromatic N) is 2. The average Bonchev–Trinajstić information content (AvgIpc) is 2.36. The van der Waals surface area contributed by atoms with Gasteiger partial charge < -0.3 is 9.88 Å². The Labute approximate surface area is 121 Å². The van der Waals surface area contributed by atoms with Crippen molar-refractivity contribution in [3.8, 4) is 0 Å². The van der Waals surface area contributed by atoms with Crippen LogP contribution in [-0.2, 0) is 21.2 Å². The van der Waals surface area contributed by atoms with Gasteiger partial charge in [0.2, 0.25) is 5.91 Å². The van der Waals surface area contributed by atoms with Gasteiger partial charge in [0.15, 0.2) is 9.84 Å². The van der Waals surface area contributed by atoms with Crippen LogP contribution in [-0.4, -0.2) is 48.2 Å². The predicted molar refractivity (Wildman–Crippen MR) is 78.5 cm³/mol. The van der Waals surface area contributed by atoms with Crippen LogP contribution < -0.4 is 5.56 Å². The van der Waals surface area contributed by atoms with Gasteiger partial charge in [-0.3, -0.25) is 9.59 Å². The number of sulfone groups is 1. The number of benzene rings is 1. The zero-order valence-electron chi connectivity index (χ0n) is 11.7. The molecule has 7 nitrogen and oxygen atoms in total. The minimum Gasteiger partial charge on any atom is -0.337 e. The van der Waals surface area contributed by atoms with Crippen molar-refractivity contribution in [3.63, 3.8) is 0 Å². The minimum absolute atomic E-state index is 0.0361. The standard InChI is InChI=1S/C13H15N3O4S/c1-16(12(17)8-21(2,19)20)7-11-14-10-6-4-3-5-9(10)13(18)15-11/h3-6H,7-8H2,1-2H3,(H,14,15,18). The number of para-hydroxylation sites is 1. The predicted octanol–water partition coefficient (Wildman–Crippen LogP) is -0.0739. The Kier molecular flexibility index (Phi) is 4.08. The second-order valence-electron chi connectivity index (χ2n) is 4.85. The van der Waals surface area contributed by atoms with Crippen LogP contribution in [0.3, 0.4) is 0 Å². The van der Waals surface area contributed by atoms with Crippen molar-refractivity contribution in [2.45, 2.75) is 6.54 Å². The number of carbonyl (C=O) groups excluding carboxylic acids is 1. The van der Waals surface area contributed by atoms with E-state index in [0.717, 1.165) is 6.26 Å². The summed E-state index contributed by atoms with van der Waals surface area (Å²) < 4.78 is 22.2. The van der Waals surface area contributed by atoms with Crippen LogP contribution in [0.25, 0.3) is 10.9 Å². The lowest BCUT2D eigenvalue weighted by molar-refractivity contribution is -0.127. The van der Waals surface area contributed by atoms with Crippen molar-refractivity contribution < 1.29 is 13.2 Å². The van der Waals surface area contributed by atoms with E-state index in [9.17, 15) is 18.0 Å². The van der Waals surface area contributed by atoms with Gasteiger partial charge in [-0.05, 0) is 12.1 Å². The molecule has 0 atom stereocenters. The fourth-order valence-electron chi connectivity index (χ4n) is 1.86. The number of hydrogen-bond donors (Lipinski definition) is 1. The van der Waals surface area contributed by atoms with E-state index in [4.69, 9.17) is 0 Å². The SMILES string of the molecule is CN(Cc1nc2ccccc2c(=O)[nH]1)C(=O)CS(C)(=O)=O. The maximum Gasteiger partial charge on any atom is 0.258 e. The molecule has 0 saturated carbocycles. The molecule has 21 heavy (non-hydrogen) atoms. The Morgan fingerprint density at radius 2 is 2.00 bits per heavy atom. The molecule has 1 aromatic carbocycles. The molecule has 0 aliphatic rings. The van der Waals surface area contributed by atoms with E-state index in [2.05, 4.69) is 9.97 Å². The third-order valence-corrected chi connectivity index (χ3v) is 3.63. The van der Waals surface area contributed by atoms with Gasteiger partial charge in [0, 0.05) is 13.3 Å². The van der Waals surface area contributed by atoms with Crippen LogP contribution >= 0.6 is 0 Å². The summed E-state index contributed by atoms with van der Waals surface area (Å²) in [5.74, 6) is -0.808. The molecule has 2 aromatic rings. The van der Waals surface area contributed by atoms with Crippen LogP contribution in [0.15, 0.2) is 29.1 Å². The zero-order chi connectivity index (χ0) is 15.6. The van der Waals surface area contributed by atoms with Crippen LogP contribution in [0.5, 0.6) is 0 Å². The summed E-state index contributed by atoms with van der Waals surface area (Å²) >= 11 is 0. The summed E-state index contributed by atoms with van der Waals surface area (Å²) in [6.45, 7) is 0.0361. The van der Waals surface area contributed by atoms with Crippen molar-refractivity contribution in [1.82, 2.24) is 14.9 Å². The highest BCUT2D eigenvalue weighted by Crippen LogP contribution is 2.06. The number of aromatic nitrogens is 2. The number of fused-ring (bicyclic) bond motifs is 1. The van der Waals surface area contributed by atoms with Crippen LogP contribution in [0.2, 0.25) is 0 Å². The van der Waals surface area contributed by atoms with Crippen molar-refractivity contribution >= 4 is 26.6 Å². The van der Waals surface area contributed by atoms with Crippen molar-refractivity contribution in [1.29, 1.82) is 0 Å². The number of aromatic amines is 1. The van der Waals surface area contributed by atoms with Gasteiger partial charge in [-0.2, -0.15) is 0 Å². The summed E-state index contributed by atoms with van der Waals surface area (Å²) in [6, 6.07) is 6.85. The monoisotopic (exact) mass is 309 g/mol. The Morgan fingerprint density at radius 3 is 2.67 bits per heavy atom. The maximum absolute atomic E-state index is 11.9. The van der Waals surface area contributed by atoms with E-state index < -0.39 is 21.5 Å². The van der Waals surface area contributed by atoms with Gasteiger partial charge in [-0.15, -0.1) is 0 Å². The van der Waals surface area contributed by atoms with Crippen molar-refractivity contribution in [2.24, 2.45) is 0 Å². The number of rotatable bonds is 4. The molecule has 1 amide bonds. The maximum atomic E-state index is 11.9. The van der Waals surface area contributed by atoms with E-state index in [1.54, 1.807) is 24.3 Å². The van der Waals surface area contributed by atoms with E-state index in [1.165, 1.54) is 11.9 Å². The molecule has 0 fully saturated rings. The molecule has 0 spiro atoms. The normalized spacial score (nSPS) is 11.5. The van der Waals surface area contributed by atoms with E-state index in [-0.39, 0.29) is 12.1 Å². The summed E-state index contributed by atoms with van der Waals surface area (Å²) in [7, 11) is -1.93. The Morgan fingerprint density at radius 1 is 1.33 bits per heavy atom. The quantitative estimate of drug-likeness (QED) is 0.852. The van der Waals surface area contributed by atoms with Crippen LogP contribution in [0.1, 0.15) is 5.82 Å². The lowest BCUT2D eigenvalue weighted by Crippen LogP contribution is -2.33. The third-order valence-electron chi connectivity index (χ3n) is 2.86. The zero-order valence-corrected chi connectivity index (χ0v) is 12.5. The molecule has 112 valence electrons. The van der Waals surface area contributed by atoms with Crippen molar-refractivity contribution in [2.75, 3.05) is 19.1 Å².